The fourth-order valence-corrected chi connectivity index (χ4v) is 4.56. The summed E-state index contributed by atoms with van der Waals surface area (Å²) in [4.78, 5) is 6.88. The van der Waals surface area contributed by atoms with Crippen LogP contribution in [-0.2, 0) is 18.3 Å². The lowest BCUT2D eigenvalue weighted by atomic mass is 9.79. The lowest BCUT2D eigenvalue weighted by molar-refractivity contribution is -0.0843. The molecule has 3 atom stereocenters. The zero-order valence-corrected chi connectivity index (χ0v) is 15.9. The van der Waals surface area contributed by atoms with Crippen molar-refractivity contribution in [3.63, 3.8) is 0 Å². The van der Waals surface area contributed by atoms with Gasteiger partial charge in [-0.25, -0.2) is 4.98 Å². The third kappa shape index (κ3) is 3.12. The zero-order chi connectivity index (χ0) is 18.1. The molecule has 0 radical (unpaired) electrons. The van der Waals surface area contributed by atoms with Gasteiger partial charge in [0.1, 0.15) is 6.10 Å². The molecule has 0 bridgehead atoms. The summed E-state index contributed by atoms with van der Waals surface area (Å²) in [6.07, 6.45) is 8.08. The van der Waals surface area contributed by atoms with E-state index in [0.29, 0.717) is 6.04 Å². The van der Waals surface area contributed by atoms with Crippen LogP contribution in [-0.4, -0.2) is 51.1 Å². The van der Waals surface area contributed by atoms with Crippen molar-refractivity contribution in [2.75, 3.05) is 13.7 Å². The van der Waals surface area contributed by atoms with E-state index < -0.39 is 0 Å². The van der Waals surface area contributed by atoms with Crippen LogP contribution < -0.4 is 4.74 Å². The maximum atomic E-state index is 6.17. The summed E-state index contributed by atoms with van der Waals surface area (Å²) in [7, 11) is 3.87. The molecule has 26 heavy (non-hydrogen) atoms. The Balaban J connectivity index is 1.50. The molecule has 0 amide bonds. The molecule has 0 unspecified atom stereocenters. The fourth-order valence-electron chi connectivity index (χ4n) is 4.56. The number of aryl methyl sites for hydroxylation is 1. The highest BCUT2D eigenvalue weighted by atomic mass is 16.5. The van der Waals surface area contributed by atoms with Crippen molar-refractivity contribution in [2.45, 2.75) is 56.9 Å². The SMILES string of the molecule is CO[C@@]12CC[C@@H](Oc3ccccn3)C[C@@H]1N(Cc1cnn(C)c1C)CC2. The number of ether oxygens (including phenoxy) is 2. The van der Waals surface area contributed by atoms with E-state index in [1.807, 2.05) is 43.2 Å². The van der Waals surface area contributed by atoms with Crippen LogP contribution in [0.4, 0.5) is 0 Å². The number of hydrogen-bond acceptors (Lipinski definition) is 5. The molecule has 1 aliphatic carbocycles. The number of nitrogens with zero attached hydrogens (tertiary/aromatic N) is 4. The van der Waals surface area contributed by atoms with Crippen LogP contribution >= 0.6 is 0 Å². The highest BCUT2D eigenvalue weighted by Gasteiger charge is 2.51. The van der Waals surface area contributed by atoms with Crippen LogP contribution in [0.2, 0.25) is 0 Å². The Hall–Kier alpha value is -1.92. The largest absolute Gasteiger partial charge is 0.474 e. The molecule has 2 aromatic rings. The van der Waals surface area contributed by atoms with Crippen LogP contribution in [0.3, 0.4) is 0 Å². The number of rotatable bonds is 5. The number of aromatic nitrogens is 3. The van der Waals surface area contributed by atoms with Gasteiger partial charge in [-0.05, 0) is 32.3 Å². The molecule has 1 saturated carbocycles. The van der Waals surface area contributed by atoms with E-state index >= 15 is 0 Å². The van der Waals surface area contributed by atoms with Crippen molar-refractivity contribution in [1.29, 1.82) is 0 Å². The molecule has 4 rings (SSSR count). The second-order valence-electron chi connectivity index (χ2n) is 7.57. The van der Waals surface area contributed by atoms with Gasteiger partial charge < -0.3 is 9.47 Å². The predicted molar refractivity (Wildman–Crippen MR) is 99.0 cm³/mol. The van der Waals surface area contributed by atoms with E-state index in [1.165, 1.54) is 11.3 Å². The minimum absolute atomic E-state index is 0.0416. The molecular weight excluding hydrogens is 328 g/mol. The third-order valence-corrected chi connectivity index (χ3v) is 6.29. The maximum Gasteiger partial charge on any atom is 0.213 e. The minimum atomic E-state index is -0.0416. The van der Waals surface area contributed by atoms with Crippen LogP contribution in [0, 0.1) is 6.92 Å². The highest BCUT2D eigenvalue weighted by Crippen LogP contribution is 2.43. The molecule has 6 heteroatoms. The summed E-state index contributed by atoms with van der Waals surface area (Å²) in [6.45, 7) is 4.12. The minimum Gasteiger partial charge on any atom is -0.474 e. The van der Waals surface area contributed by atoms with Gasteiger partial charge in [-0.3, -0.25) is 9.58 Å². The first-order valence-corrected chi connectivity index (χ1v) is 9.46. The second-order valence-corrected chi connectivity index (χ2v) is 7.57. The van der Waals surface area contributed by atoms with Crippen molar-refractivity contribution in [2.24, 2.45) is 7.05 Å². The highest BCUT2D eigenvalue weighted by molar-refractivity contribution is 5.18. The number of pyridine rings is 1. The van der Waals surface area contributed by atoms with Crippen molar-refractivity contribution in [3.05, 3.63) is 41.9 Å². The first kappa shape index (κ1) is 17.5. The summed E-state index contributed by atoms with van der Waals surface area (Å²) in [5.41, 5.74) is 2.49. The third-order valence-electron chi connectivity index (χ3n) is 6.29. The van der Waals surface area contributed by atoms with Gasteiger partial charge in [0, 0.05) is 63.2 Å². The standard InChI is InChI=1S/C20H28N4O2/c1-15-16(13-22-23(15)2)14-24-11-9-20(25-3)8-7-17(12-18(20)24)26-19-6-4-5-10-21-19/h4-6,10,13,17-18H,7-9,11-12,14H2,1-3H3/t17-,18+,20-/m1/s1. The van der Waals surface area contributed by atoms with Crippen LogP contribution in [0.25, 0.3) is 0 Å². The van der Waals surface area contributed by atoms with E-state index in [-0.39, 0.29) is 11.7 Å². The molecule has 2 aromatic heterocycles. The fraction of sp³-hybridized carbons (Fsp3) is 0.600. The molecule has 0 N–H and O–H groups in total. The van der Waals surface area contributed by atoms with Crippen LogP contribution in [0.1, 0.15) is 36.9 Å². The Morgan fingerprint density at radius 2 is 2.19 bits per heavy atom. The van der Waals surface area contributed by atoms with E-state index in [0.717, 1.165) is 44.7 Å². The molecule has 6 nitrogen and oxygen atoms in total. The van der Waals surface area contributed by atoms with Gasteiger partial charge in [0.2, 0.25) is 5.88 Å². The Labute approximate surface area is 155 Å². The summed E-state index contributed by atoms with van der Waals surface area (Å²) < 4.78 is 14.2. The first-order valence-electron chi connectivity index (χ1n) is 9.46. The quantitative estimate of drug-likeness (QED) is 0.824. The molecule has 1 saturated heterocycles. The van der Waals surface area contributed by atoms with Gasteiger partial charge in [0.05, 0.1) is 11.8 Å². The van der Waals surface area contributed by atoms with Crippen molar-refractivity contribution in [3.8, 4) is 5.88 Å². The van der Waals surface area contributed by atoms with Crippen molar-refractivity contribution in [1.82, 2.24) is 19.7 Å². The van der Waals surface area contributed by atoms with Gasteiger partial charge in [0.25, 0.3) is 0 Å². The Kier molecular flexibility index (Phi) is 4.71. The lowest BCUT2D eigenvalue weighted by Gasteiger charge is -2.43. The lowest BCUT2D eigenvalue weighted by Crippen LogP contribution is -2.52. The van der Waals surface area contributed by atoms with Crippen molar-refractivity contribution < 1.29 is 9.47 Å². The predicted octanol–water partition coefficient (Wildman–Crippen LogP) is 2.71. The van der Waals surface area contributed by atoms with Crippen LogP contribution in [0.5, 0.6) is 5.88 Å². The zero-order valence-electron chi connectivity index (χ0n) is 15.9. The van der Waals surface area contributed by atoms with E-state index in [9.17, 15) is 0 Å². The van der Waals surface area contributed by atoms with Gasteiger partial charge in [-0.1, -0.05) is 6.07 Å². The topological polar surface area (TPSA) is 52.4 Å². The summed E-state index contributed by atoms with van der Waals surface area (Å²) in [6, 6.07) is 6.19. The smallest absolute Gasteiger partial charge is 0.213 e. The second kappa shape index (κ2) is 7.00. The van der Waals surface area contributed by atoms with Crippen molar-refractivity contribution >= 4 is 0 Å². The Bertz CT molecular complexity index is 748. The van der Waals surface area contributed by atoms with E-state index in [1.54, 1.807) is 6.20 Å². The van der Waals surface area contributed by atoms with Gasteiger partial charge in [-0.2, -0.15) is 5.10 Å². The Morgan fingerprint density at radius 1 is 1.31 bits per heavy atom. The van der Waals surface area contributed by atoms with Gasteiger partial charge in [0.15, 0.2) is 0 Å². The van der Waals surface area contributed by atoms with Crippen LogP contribution in [0.15, 0.2) is 30.6 Å². The molecule has 3 heterocycles. The van der Waals surface area contributed by atoms with Gasteiger partial charge >= 0.3 is 0 Å². The molecule has 1 aliphatic heterocycles. The summed E-state index contributed by atoms with van der Waals surface area (Å²) in [5.74, 6) is 0.718. The molecule has 2 aliphatic rings. The number of methoxy groups -OCH3 is 1. The summed E-state index contributed by atoms with van der Waals surface area (Å²) >= 11 is 0. The normalized spacial score (nSPS) is 28.9. The molecule has 2 fully saturated rings. The number of fused-ring (bicyclic) bond motifs is 1. The summed E-state index contributed by atoms with van der Waals surface area (Å²) in [5, 5.41) is 4.40. The monoisotopic (exact) mass is 356 g/mol. The maximum absolute atomic E-state index is 6.17. The van der Waals surface area contributed by atoms with Gasteiger partial charge in [-0.15, -0.1) is 0 Å². The first-order chi connectivity index (χ1) is 12.6. The molecule has 0 aromatic carbocycles. The Morgan fingerprint density at radius 3 is 2.88 bits per heavy atom. The van der Waals surface area contributed by atoms with E-state index in [2.05, 4.69) is 21.9 Å². The van der Waals surface area contributed by atoms with E-state index in [4.69, 9.17) is 9.47 Å². The average Bonchev–Trinajstić information content (AvgIpc) is 3.18. The molecule has 140 valence electrons. The number of likely N-dealkylation sites (tertiary alicyclic amines) is 1. The molecule has 0 spiro atoms. The number of hydrogen-bond donors (Lipinski definition) is 0. The molecular formula is C20H28N4O2. The average molecular weight is 356 g/mol.